The Bertz CT molecular complexity index is 1370. The van der Waals surface area contributed by atoms with Gasteiger partial charge in [-0.2, -0.15) is 0 Å². The fraction of sp³-hybridized carbons (Fsp3) is 0.312. The first-order valence-corrected chi connectivity index (χ1v) is 13.3. The van der Waals surface area contributed by atoms with E-state index in [4.69, 9.17) is 9.47 Å². The number of ketones is 2. The summed E-state index contributed by atoms with van der Waals surface area (Å²) in [6.07, 6.45) is 0.517. The highest BCUT2D eigenvalue weighted by Crippen LogP contribution is 2.25. The van der Waals surface area contributed by atoms with Crippen molar-refractivity contribution in [1.82, 2.24) is 5.32 Å². The van der Waals surface area contributed by atoms with E-state index in [1.807, 2.05) is 36.4 Å². The zero-order valence-electron chi connectivity index (χ0n) is 22.4. The van der Waals surface area contributed by atoms with Crippen molar-refractivity contribution < 1.29 is 33.0 Å². The van der Waals surface area contributed by atoms with Gasteiger partial charge >= 0.3 is 5.97 Å². The Kier molecular flexibility index (Phi) is 9.78. The number of carbonyl (C=O) groups excluding carboxylic acids is 4. The van der Waals surface area contributed by atoms with Gasteiger partial charge in [0.25, 0.3) is 0 Å². The van der Waals surface area contributed by atoms with Crippen LogP contribution in [0.15, 0.2) is 72.8 Å². The van der Waals surface area contributed by atoms with Crippen LogP contribution in [0.2, 0.25) is 0 Å². The molecule has 1 amide bonds. The average Bonchev–Trinajstić information content (AvgIpc) is 2.95. The summed E-state index contributed by atoms with van der Waals surface area (Å²) < 4.78 is 24.9. The van der Waals surface area contributed by atoms with Crippen LogP contribution in [0.3, 0.4) is 0 Å². The molecular formula is C32H32FNO6. The number of aryl methyl sites for hydroxylation is 2. The molecule has 0 unspecified atom stereocenters. The molecule has 208 valence electrons. The highest BCUT2D eigenvalue weighted by atomic mass is 19.1. The van der Waals surface area contributed by atoms with Gasteiger partial charge in [-0.05, 0) is 66.3 Å². The highest BCUT2D eigenvalue weighted by Gasteiger charge is 2.29. The summed E-state index contributed by atoms with van der Waals surface area (Å²) in [5, 5.41) is 2.78. The van der Waals surface area contributed by atoms with Crippen molar-refractivity contribution in [3.8, 4) is 11.5 Å². The summed E-state index contributed by atoms with van der Waals surface area (Å²) in [6, 6.07) is 19.9. The number of fused-ring (bicyclic) bond motifs is 10. The minimum Gasteiger partial charge on any atom is -0.469 e. The fourth-order valence-electron chi connectivity index (χ4n) is 4.70. The summed E-state index contributed by atoms with van der Waals surface area (Å²) in [6.45, 7) is 0. The predicted molar refractivity (Wildman–Crippen MR) is 146 cm³/mol. The topological polar surface area (TPSA) is 98.8 Å². The van der Waals surface area contributed by atoms with Gasteiger partial charge in [0, 0.05) is 19.3 Å². The number of methoxy groups -OCH3 is 1. The van der Waals surface area contributed by atoms with Gasteiger partial charge < -0.3 is 14.8 Å². The summed E-state index contributed by atoms with van der Waals surface area (Å²) in [5.41, 5.74) is 2.09. The molecule has 2 aliphatic rings. The third kappa shape index (κ3) is 8.09. The van der Waals surface area contributed by atoms with Crippen molar-refractivity contribution in [1.29, 1.82) is 0 Å². The van der Waals surface area contributed by atoms with Gasteiger partial charge in [-0.15, -0.1) is 0 Å². The van der Waals surface area contributed by atoms with Gasteiger partial charge in [-0.1, -0.05) is 42.5 Å². The van der Waals surface area contributed by atoms with Crippen molar-refractivity contribution in [2.75, 3.05) is 7.11 Å². The van der Waals surface area contributed by atoms with Crippen LogP contribution in [0.25, 0.3) is 0 Å². The number of rotatable bonds is 6. The van der Waals surface area contributed by atoms with Crippen molar-refractivity contribution in [2.24, 2.45) is 5.92 Å². The Hall–Kier alpha value is -4.33. The zero-order valence-corrected chi connectivity index (χ0v) is 22.4. The van der Waals surface area contributed by atoms with Gasteiger partial charge in [0.05, 0.1) is 25.5 Å². The number of halogens is 1. The number of benzene rings is 3. The quantitative estimate of drug-likeness (QED) is 0.441. The second-order valence-electron chi connectivity index (χ2n) is 9.94. The molecule has 8 heteroatoms. The monoisotopic (exact) mass is 545 g/mol. The first kappa shape index (κ1) is 28.7. The molecule has 0 saturated carbocycles. The molecule has 0 fully saturated rings. The molecule has 2 heterocycles. The highest BCUT2D eigenvalue weighted by molar-refractivity contribution is 5.93. The van der Waals surface area contributed by atoms with Crippen molar-refractivity contribution in [3.05, 3.63) is 95.3 Å². The van der Waals surface area contributed by atoms with Gasteiger partial charge in [0.1, 0.15) is 23.1 Å². The molecule has 2 atom stereocenters. The SMILES string of the molecule is COC(=O)C[C@@H]1CC(=O)CCc2cccc(c2)Oc2ccc(cc2)C[C@@H](C(=O)CCc2ccccc2F)NC1=O. The zero-order chi connectivity index (χ0) is 28.5. The standard InChI is InChI=1S/C32H32FNO6/c1-39-31(37)20-24-19-25(35)13-9-21-5-4-7-27(17-21)40-26-14-10-22(11-15-26)18-29(34-32(24)38)30(36)16-12-23-6-2-3-8-28(23)33/h2-8,10-11,14-15,17,24,29H,9,12-13,16,18-20H2,1H3,(H,34,38)/t24-,29-/m0/s1. The molecule has 40 heavy (non-hydrogen) atoms. The van der Waals surface area contributed by atoms with Crippen LogP contribution >= 0.6 is 0 Å². The van der Waals surface area contributed by atoms with E-state index in [1.165, 1.54) is 13.2 Å². The second-order valence-corrected chi connectivity index (χ2v) is 9.94. The van der Waals surface area contributed by atoms with E-state index >= 15 is 0 Å². The van der Waals surface area contributed by atoms with Crippen LogP contribution in [0.5, 0.6) is 11.5 Å². The summed E-state index contributed by atoms with van der Waals surface area (Å²) in [4.78, 5) is 51.7. The predicted octanol–water partition coefficient (Wildman–Crippen LogP) is 4.93. The Morgan fingerprint density at radius 1 is 0.925 bits per heavy atom. The lowest BCUT2D eigenvalue weighted by Crippen LogP contribution is -2.46. The molecule has 0 spiro atoms. The number of esters is 1. The Labute approximate surface area is 232 Å². The summed E-state index contributed by atoms with van der Waals surface area (Å²) in [7, 11) is 1.22. The van der Waals surface area contributed by atoms with Crippen molar-refractivity contribution in [2.45, 2.75) is 51.0 Å². The molecule has 1 N–H and O–H groups in total. The van der Waals surface area contributed by atoms with Gasteiger partial charge in [-0.25, -0.2) is 4.39 Å². The van der Waals surface area contributed by atoms with Gasteiger partial charge in [-0.3, -0.25) is 19.2 Å². The van der Waals surface area contributed by atoms with Crippen LogP contribution in [-0.2, 0) is 43.2 Å². The van der Waals surface area contributed by atoms with Crippen LogP contribution in [0.1, 0.15) is 42.4 Å². The molecule has 0 aromatic heterocycles. The minimum absolute atomic E-state index is 0.00325. The number of hydrogen-bond acceptors (Lipinski definition) is 6. The largest absolute Gasteiger partial charge is 0.469 e. The lowest BCUT2D eigenvalue weighted by Gasteiger charge is -2.22. The van der Waals surface area contributed by atoms with Crippen LogP contribution in [0.4, 0.5) is 4.39 Å². The molecule has 0 saturated heterocycles. The van der Waals surface area contributed by atoms with Crippen molar-refractivity contribution >= 4 is 23.4 Å². The number of amides is 1. The third-order valence-corrected chi connectivity index (χ3v) is 6.98. The first-order valence-electron chi connectivity index (χ1n) is 13.3. The van der Waals surface area contributed by atoms with Gasteiger partial charge in [0.15, 0.2) is 5.78 Å². The maximum Gasteiger partial charge on any atom is 0.306 e. The molecular weight excluding hydrogens is 513 g/mol. The maximum absolute atomic E-state index is 14.1. The second kappa shape index (κ2) is 13.6. The molecule has 2 aliphatic heterocycles. The van der Waals surface area contributed by atoms with E-state index in [2.05, 4.69) is 5.32 Å². The summed E-state index contributed by atoms with van der Waals surface area (Å²) >= 11 is 0. The van der Waals surface area contributed by atoms with Crippen LogP contribution in [-0.4, -0.2) is 36.6 Å². The molecule has 4 bridgehead atoms. The van der Waals surface area contributed by atoms with E-state index in [0.717, 1.165) is 11.1 Å². The summed E-state index contributed by atoms with van der Waals surface area (Å²) in [5.74, 6) is -1.82. The number of nitrogens with one attached hydrogen (secondary N) is 1. The molecule has 0 aliphatic carbocycles. The molecule has 5 rings (SSSR count). The Morgan fingerprint density at radius 3 is 2.45 bits per heavy atom. The van der Waals surface area contributed by atoms with E-state index in [-0.39, 0.29) is 50.1 Å². The third-order valence-electron chi connectivity index (χ3n) is 6.98. The van der Waals surface area contributed by atoms with E-state index in [1.54, 1.807) is 30.3 Å². The van der Waals surface area contributed by atoms with E-state index in [0.29, 0.717) is 23.5 Å². The molecule has 7 nitrogen and oxygen atoms in total. The average molecular weight is 546 g/mol. The molecule has 3 aromatic rings. The van der Waals surface area contributed by atoms with Crippen LogP contribution < -0.4 is 10.1 Å². The first-order chi connectivity index (χ1) is 19.3. The van der Waals surface area contributed by atoms with Gasteiger partial charge in [0.2, 0.25) is 5.91 Å². The number of hydrogen-bond donors (Lipinski definition) is 1. The molecule has 0 radical (unpaired) electrons. The lowest BCUT2D eigenvalue weighted by atomic mass is 9.93. The van der Waals surface area contributed by atoms with E-state index in [9.17, 15) is 23.6 Å². The van der Waals surface area contributed by atoms with E-state index < -0.39 is 29.7 Å². The molecule has 3 aromatic carbocycles. The lowest BCUT2D eigenvalue weighted by molar-refractivity contribution is -0.145. The maximum atomic E-state index is 14.1. The normalized spacial score (nSPS) is 17.9. The Balaban J connectivity index is 1.61. The fourth-order valence-corrected chi connectivity index (χ4v) is 4.70. The number of Topliss-reactive ketones (excluding diaryl/α,β-unsaturated/α-hetero) is 2. The number of ether oxygens (including phenoxy) is 2. The van der Waals surface area contributed by atoms with Crippen LogP contribution in [0, 0.1) is 11.7 Å². The number of carbonyl (C=O) groups is 4. The minimum atomic E-state index is -0.991. The van der Waals surface area contributed by atoms with Crippen molar-refractivity contribution in [3.63, 3.8) is 0 Å². The Morgan fingerprint density at radius 2 is 1.70 bits per heavy atom. The smallest absolute Gasteiger partial charge is 0.306 e.